The Hall–Kier alpha value is -2.15. The molecule has 0 saturated carbocycles. The molecule has 2 heterocycles. The third-order valence-electron chi connectivity index (χ3n) is 3.57. The number of H-pyrrole nitrogens is 1. The summed E-state index contributed by atoms with van der Waals surface area (Å²) in [5.41, 5.74) is 1.35. The molecular formula is C13H16N4O3. The molecule has 106 valence electrons. The monoisotopic (exact) mass is 276 g/mol. The maximum atomic E-state index is 10.7. The summed E-state index contributed by atoms with van der Waals surface area (Å²) in [6.07, 6.45) is 2.21. The van der Waals surface area contributed by atoms with Crippen LogP contribution in [0.3, 0.4) is 0 Å². The molecule has 1 aromatic carbocycles. The van der Waals surface area contributed by atoms with Gasteiger partial charge in [0.05, 0.1) is 22.6 Å². The molecule has 0 amide bonds. The van der Waals surface area contributed by atoms with Crippen LogP contribution in [-0.2, 0) is 0 Å². The lowest BCUT2D eigenvalue weighted by atomic mass is 9.99. The first-order valence-corrected chi connectivity index (χ1v) is 6.70. The first-order valence-electron chi connectivity index (χ1n) is 6.70. The van der Waals surface area contributed by atoms with E-state index in [1.54, 1.807) is 6.07 Å². The molecule has 0 aliphatic carbocycles. The number of aromatic amines is 1. The molecule has 3 rings (SSSR count). The van der Waals surface area contributed by atoms with Gasteiger partial charge in [0, 0.05) is 12.1 Å². The van der Waals surface area contributed by atoms with Crippen molar-refractivity contribution in [2.45, 2.75) is 12.8 Å². The van der Waals surface area contributed by atoms with Crippen LogP contribution in [0.1, 0.15) is 12.8 Å². The van der Waals surface area contributed by atoms with E-state index in [0.717, 1.165) is 25.9 Å². The van der Waals surface area contributed by atoms with Gasteiger partial charge >= 0.3 is 0 Å². The van der Waals surface area contributed by atoms with Gasteiger partial charge in [0.1, 0.15) is 0 Å². The molecular weight excluding hydrogens is 260 g/mol. The van der Waals surface area contributed by atoms with Crippen molar-refractivity contribution in [2.24, 2.45) is 5.92 Å². The third-order valence-corrected chi connectivity index (χ3v) is 3.57. The number of aromatic nitrogens is 2. The number of ether oxygens (including phenoxy) is 1. The maximum absolute atomic E-state index is 10.7. The normalized spacial score (nSPS) is 16.4. The van der Waals surface area contributed by atoms with Crippen LogP contribution in [0.25, 0.3) is 11.0 Å². The fourth-order valence-electron chi connectivity index (χ4n) is 2.40. The second-order valence-corrected chi connectivity index (χ2v) is 5.00. The van der Waals surface area contributed by atoms with E-state index in [4.69, 9.17) is 4.74 Å². The Kier molecular flexibility index (Phi) is 3.51. The zero-order valence-corrected chi connectivity index (χ0v) is 11.0. The zero-order chi connectivity index (χ0) is 13.9. The van der Waals surface area contributed by atoms with Crippen molar-refractivity contribution < 1.29 is 9.66 Å². The third kappa shape index (κ3) is 2.72. The van der Waals surface area contributed by atoms with Crippen molar-refractivity contribution in [3.63, 3.8) is 0 Å². The van der Waals surface area contributed by atoms with Crippen molar-refractivity contribution >= 4 is 16.7 Å². The number of nitro benzene ring substituents is 1. The number of hydrogen-bond donors (Lipinski definition) is 2. The van der Waals surface area contributed by atoms with Crippen LogP contribution in [0, 0.1) is 16.0 Å². The van der Waals surface area contributed by atoms with Crippen LogP contribution in [0.4, 0.5) is 5.69 Å². The van der Waals surface area contributed by atoms with Crippen molar-refractivity contribution in [1.29, 1.82) is 0 Å². The van der Waals surface area contributed by atoms with E-state index >= 15 is 0 Å². The van der Waals surface area contributed by atoms with Gasteiger partial charge in [-0.25, -0.2) is 0 Å². The van der Waals surface area contributed by atoms with Crippen LogP contribution in [0.15, 0.2) is 18.2 Å². The minimum atomic E-state index is -0.421. The summed E-state index contributed by atoms with van der Waals surface area (Å²) in [7, 11) is 0. The van der Waals surface area contributed by atoms with Crippen molar-refractivity contribution in [2.75, 3.05) is 19.7 Å². The minimum Gasteiger partial charge on any atom is -0.464 e. The van der Waals surface area contributed by atoms with Gasteiger partial charge in [-0.05, 0) is 37.9 Å². The van der Waals surface area contributed by atoms with Gasteiger partial charge in [0.25, 0.3) is 11.7 Å². The summed E-state index contributed by atoms with van der Waals surface area (Å²) in [5, 5.41) is 14.0. The summed E-state index contributed by atoms with van der Waals surface area (Å²) in [6, 6.07) is 4.97. The highest BCUT2D eigenvalue weighted by atomic mass is 16.6. The van der Waals surface area contributed by atoms with E-state index in [1.807, 2.05) is 0 Å². The Bertz CT molecular complexity index is 619. The topological polar surface area (TPSA) is 93.1 Å². The van der Waals surface area contributed by atoms with Crippen LogP contribution in [0.5, 0.6) is 6.01 Å². The first kappa shape index (κ1) is 12.9. The number of rotatable bonds is 4. The number of hydrogen-bond acceptors (Lipinski definition) is 5. The average Bonchev–Trinajstić information content (AvgIpc) is 2.88. The number of nitrogens with one attached hydrogen (secondary N) is 2. The van der Waals surface area contributed by atoms with E-state index in [-0.39, 0.29) is 5.69 Å². The molecule has 1 saturated heterocycles. The molecule has 2 N–H and O–H groups in total. The van der Waals surface area contributed by atoms with Crippen molar-refractivity contribution in [3.8, 4) is 6.01 Å². The van der Waals surface area contributed by atoms with E-state index in [9.17, 15) is 10.1 Å². The van der Waals surface area contributed by atoms with Gasteiger partial charge in [-0.15, -0.1) is 0 Å². The summed E-state index contributed by atoms with van der Waals surface area (Å²) < 4.78 is 5.67. The Morgan fingerprint density at radius 3 is 2.95 bits per heavy atom. The van der Waals surface area contributed by atoms with Crippen LogP contribution in [-0.4, -0.2) is 34.6 Å². The molecule has 2 aromatic rings. The quantitative estimate of drug-likeness (QED) is 0.656. The Labute approximate surface area is 115 Å². The lowest BCUT2D eigenvalue weighted by molar-refractivity contribution is -0.384. The first-order chi connectivity index (χ1) is 9.72. The van der Waals surface area contributed by atoms with E-state index in [1.165, 1.54) is 12.1 Å². The molecule has 1 aliphatic rings. The SMILES string of the molecule is O=[N+]([O-])c1ccc2nc(OCC3CCNCC3)[nH]c2c1. The zero-order valence-electron chi connectivity index (χ0n) is 11.0. The van der Waals surface area contributed by atoms with E-state index in [0.29, 0.717) is 29.6 Å². The number of imidazole rings is 1. The van der Waals surface area contributed by atoms with Crippen LogP contribution < -0.4 is 10.1 Å². The molecule has 7 nitrogen and oxygen atoms in total. The van der Waals surface area contributed by atoms with Crippen LogP contribution >= 0.6 is 0 Å². The molecule has 0 unspecified atom stereocenters. The van der Waals surface area contributed by atoms with E-state index in [2.05, 4.69) is 15.3 Å². The van der Waals surface area contributed by atoms with Gasteiger partial charge in [0.2, 0.25) is 0 Å². The molecule has 20 heavy (non-hydrogen) atoms. The summed E-state index contributed by atoms with van der Waals surface area (Å²) in [6.45, 7) is 2.68. The largest absolute Gasteiger partial charge is 0.464 e. The lowest BCUT2D eigenvalue weighted by Crippen LogP contribution is -2.30. The Balaban J connectivity index is 1.70. The fourth-order valence-corrected chi connectivity index (χ4v) is 2.40. The molecule has 1 aromatic heterocycles. The highest BCUT2D eigenvalue weighted by molar-refractivity contribution is 5.78. The standard InChI is InChI=1S/C13H16N4O3/c18-17(19)10-1-2-11-12(7-10)16-13(15-11)20-8-9-3-5-14-6-4-9/h1-2,7,9,14H,3-6,8H2,(H,15,16). The summed E-state index contributed by atoms with van der Waals surface area (Å²) in [4.78, 5) is 17.6. The molecule has 0 bridgehead atoms. The summed E-state index contributed by atoms with van der Waals surface area (Å²) >= 11 is 0. The maximum Gasteiger partial charge on any atom is 0.294 e. The number of benzene rings is 1. The molecule has 0 radical (unpaired) electrons. The van der Waals surface area contributed by atoms with Gasteiger partial charge in [-0.3, -0.25) is 10.1 Å². The van der Waals surface area contributed by atoms with Gasteiger partial charge < -0.3 is 15.0 Å². The van der Waals surface area contributed by atoms with E-state index < -0.39 is 4.92 Å². The second-order valence-electron chi connectivity index (χ2n) is 5.00. The highest BCUT2D eigenvalue weighted by Crippen LogP contribution is 2.22. The van der Waals surface area contributed by atoms with Gasteiger partial charge in [-0.2, -0.15) is 4.98 Å². The second kappa shape index (κ2) is 5.46. The molecule has 1 fully saturated rings. The smallest absolute Gasteiger partial charge is 0.294 e. The molecule has 7 heteroatoms. The summed E-state index contributed by atoms with van der Waals surface area (Å²) in [5.74, 6) is 0.541. The Morgan fingerprint density at radius 2 is 2.20 bits per heavy atom. The number of piperidine rings is 1. The highest BCUT2D eigenvalue weighted by Gasteiger charge is 2.15. The number of fused-ring (bicyclic) bond motifs is 1. The fraction of sp³-hybridized carbons (Fsp3) is 0.462. The number of nitrogens with zero attached hydrogens (tertiary/aromatic N) is 2. The average molecular weight is 276 g/mol. The lowest BCUT2D eigenvalue weighted by Gasteiger charge is -2.21. The molecule has 0 spiro atoms. The molecule has 0 atom stereocenters. The number of nitro groups is 1. The Morgan fingerprint density at radius 1 is 1.40 bits per heavy atom. The molecule has 1 aliphatic heterocycles. The van der Waals surface area contributed by atoms with Crippen molar-refractivity contribution in [1.82, 2.24) is 15.3 Å². The predicted molar refractivity (Wildman–Crippen MR) is 73.8 cm³/mol. The van der Waals surface area contributed by atoms with Crippen molar-refractivity contribution in [3.05, 3.63) is 28.3 Å². The predicted octanol–water partition coefficient (Wildman–Crippen LogP) is 1.85. The van der Waals surface area contributed by atoms with Crippen LogP contribution in [0.2, 0.25) is 0 Å². The van der Waals surface area contributed by atoms with Gasteiger partial charge in [-0.1, -0.05) is 0 Å². The number of non-ortho nitro benzene ring substituents is 1. The minimum absolute atomic E-state index is 0.0473. The van der Waals surface area contributed by atoms with Gasteiger partial charge in [0.15, 0.2) is 0 Å².